The number of aliphatic hydroxyl groups is 11. The standard InChI is InChI=1S/C81H141NO18/c1-3-5-7-9-11-13-15-17-19-21-23-24-25-26-27-28-29-30-31-32-33-34-35-36-37-38-39-40-41-43-45-47-49-51-53-55-57-59-69(87)82-64(65(86)58-56-54-52-50-48-46-44-42-22-20-18-16-14-12-10-8-6-4-2)63-95-79-75(93)72(90)77(67(61-84)97-79)100-81-76(94)73(91)78(68(62-85)98-81)99-80-74(92)71(89)70(88)66(60-83)96-80/h5,7,11,13,17,19,23-24,26-27,29-30,48,50,56,58,64-68,70-81,83-86,88-94H,3-4,6,8-10,12,14-16,18,20-22,25,28,31-47,49,51-55,57,59-63H2,1-2H3,(H,82,87)/b7-5-,13-11-,19-17-,24-23-,27-26-,30-29-,50-48+,58-56+. The van der Waals surface area contributed by atoms with Crippen LogP contribution in [0.15, 0.2) is 97.2 Å². The van der Waals surface area contributed by atoms with Crippen LogP contribution in [-0.4, -0.2) is 193 Å². The van der Waals surface area contributed by atoms with Gasteiger partial charge in [0.25, 0.3) is 0 Å². The number of carbonyl (C=O) groups is 1. The third-order valence-corrected chi connectivity index (χ3v) is 19.1. The Kier molecular flexibility index (Phi) is 55.4. The summed E-state index contributed by atoms with van der Waals surface area (Å²) >= 11 is 0. The van der Waals surface area contributed by atoms with Gasteiger partial charge in [-0.25, -0.2) is 0 Å². The molecule has 0 aliphatic carbocycles. The van der Waals surface area contributed by atoms with Gasteiger partial charge in [-0.1, -0.05) is 284 Å². The maximum Gasteiger partial charge on any atom is 0.220 e. The average Bonchev–Trinajstić information content (AvgIpc) is 0.783. The molecule has 0 aromatic carbocycles. The summed E-state index contributed by atoms with van der Waals surface area (Å²) in [6.45, 7) is 1.61. The van der Waals surface area contributed by atoms with Crippen LogP contribution in [0.5, 0.6) is 0 Å². The molecule has 3 saturated heterocycles. The smallest absolute Gasteiger partial charge is 0.220 e. The van der Waals surface area contributed by atoms with E-state index in [0.29, 0.717) is 12.8 Å². The van der Waals surface area contributed by atoms with Gasteiger partial charge in [-0.3, -0.25) is 4.79 Å². The number of allylic oxidation sites excluding steroid dienone is 15. The molecule has 3 rings (SSSR count). The number of ether oxygens (including phenoxy) is 6. The zero-order chi connectivity index (χ0) is 72.5. The third-order valence-electron chi connectivity index (χ3n) is 19.1. The second-order valence-corrected chi connectivity index (χ2v) is 27.8. The van der Waals surface area contributed by atoms with E-state index in [9.17, 15) is 61.0 Å². The van der Waals surface area contributed by atoms with Crippen molar-refractivity contribution in [3.05, 3.63) is 97.2 Å². The van der Waals surface area contributed by atoms with E-state index in [0.717, 1.165) is 77.0 Å². The summed E-state index contributed by atoms with van der Waals surface area (Å²) < 4.78 is 34.4. The maximum absolute atomic E-state index is 13.5. The van der Waals surface area contributed by atoms with Crippen molar-refractivity contribution in [2.75, 3.05) is 26.4 Å². The summed E-state index contributed by atoms with van der Waals surface area (Å²) in [4.78, 5) is 13.5. The molecule has 1 amide bonds. The molecule has 3 aliphatic heterocycles. The quantitative estimate of drug-likeness (QED) is 0.0199. The SMILES string of the molecule is CC/C=C\C/C=C\C/C=C\C/C=C\C/C=C\C/C=C\CCCCCCCCCCCCCCCCCCCCC(=O)NC(COC1OC(CO)C(OC2OC(CO)C(OC3OC(CO)C(O)C(O)C3O)C(O)C2O)C(O)C1O)C(O)/C=C/CC/C=C/CCCCCCCCCCCCCC. The predicted octanol–water partition coefficient (Wildman–Crippen LogP) is 12.8. The number of aliphatic hydroxyl groups excluding tert-OH is 11. The van der Waals surface area contributed by atoms with Gasteiger partial charge in [0, 0.05) is 6.42 Å². The Bertz CT molecular complexity index is 2190. The summed E-state index contributed by atoms with van der Waals surface area (Å²) in [6.07, 6.45) is 55.4. The largest absolute Gasteiger partial charge is 0.394 e. The molecule has 17 unspecified atom stereocenters. The monoisotopic (exact) mass is 1420 g/mol. The first-order valence-corrected chi connectivity index (χ1v) is 39.5. The fourth-order valence-corrected chi connectivity index (χ4v) is 12.8. The highest BCUT2D eigenvalue weighted by Gasteiger charge is 2.53. The number of carbonyl (C=O) groups excluding carboxylic acids is 1. The Labute approximate surface area is 603 Å². The maximum atomic E-state index is 13.5. The van der Waals surface area contributed by atoms with Gasteiger partial charge in [-0.2, -0.15) is 0 Å². The Balaban J connectivity index is 1.34. The molecule has 3 aliphatic rings. The molecule has 0 aromatic heterocycles. The highest BCUT2D eigenvalue weighted by molar-refractivity contribution is 5.76. The third kappa shape index (κ3) is 40.8. The van der Waals surface area contributed by atoms with Crippen LogP contribution < -0.4 is 5.32 Å². The molecule has 0 spiro atoms. The summed E-state index contributed by atoms with van der Waals surface area (Å²) in [5, 5.41) is 121. The lowest BCUT2D eigenvalue weighted by Crippen LogP contribution is -2.66. The Morgan fingerprint density at radius 2 is 0.700 bits per heavy atom. The van der Waals surface area contributed by atoms with Crippen molar-refractivity contribution in [3.63, 3.8) is 0 Å². The first-order chi connectivity index (χ1) is 48.8. The summed E-state index contributed by atoms with van der Waals surface area (Å²) in [6, 6.07) is -0.994. The predicted molar refractivity (Wildman–Crippen MR) is 397 cm³/mol. The number of nitrogens with one attached hydrogen (secondary N) is 1. The first-order valence-electron chi connectivity index (χ1n) is 39.5. The molecule has 3 heterocycles. The molecule has 12 N–H and O–H groups in total. The molecule has 100 heavy (non-hydrogen) atoms. The molecular weight excluding hydrogens is 1270 g/mol. The Morgan fingerprint density at radius 3 is 1.12 bits per heavy atom. The van der Waals surface area contributed by atoms with Crippen LogP contribution in [0.4, 0.5) is 0 Å². The van der Waals surface area contributed by atoms with E-state index in [-0.39, 0.29) is 18.9 Å². The Morgan fingerprint density at radius 1 is 0.370 bits per heavy atom. The Hall–Kier alpha value is -3.29. The second-order valence-electron chi connectivity index (χ2n) is 27.8. The van der Waals surface area contributed by atoms with E-state index in [1.165, 1.54) is 167 Å². The number of unbranched alkanes of at least 4 members (excludes halogenated alkanes) is 31. The van der Waals surface area contributed by atoms with E-state index in [2.05, 4.69) is 104 Å². The van der Waals surface area contributed by atoms with Crippen molar-refractivity contribution in [2.45, 2.75) is 381 Å². The molecule has 0 bridgehead atoms. The van der Waals surface area contributed by atoms with Crippen LogP contribution in [0.25, 0.3) is 0 Å². The van der Waals surface area contributed by atoms with Gasteiger partial charge in [0.05, 0.1) is 38.6 Å². The van der Waals surface area contributed by atoms with Crippen molar-refractivity contribution in [1.82, 2.24) is 5.32 Å². The molecule has 17 atom stereocenters. The number of hydrogen-bond acceptors (Lipinski definition) is 18. The molecular formula is C81H141NO18. The van der Waals surface area contributed by atoms with E-state index >= 15 is 0 Å². The van der Waals surface area contributed by atoms with Gasteiger partial charge in [-0.05, 0) is 83.5 Å². The van der Waals surface area contributed by atoms with Gasteiger partial charge in [0.1, 0.15) is 73.2 Å². The minimum absolute atomic E-state index is 0.233. The summed E-state index contributed by atoms with van der Waals surface area (Å²) in [5.74, 6) is -0.285. The van der Waals surface area contributed by atoms with Gasteiger partial charge < -0.3 is 89.9 Å². The lowest BCUT2D eigenvalue weighted by atomic mass is 9.96. The average molecular weight is 1420 g/mol. The van der Waals surface area contributed by atoms with Crippen LogP contribution in [0.1, 0.15) is 277 Å². The van der Waals surface area contributed by atoms with E-state index in [1.807, 2.05) is 6.08 Å². The fraction of sp³-hybridized carbons (Fsp3) is 0.790. The molecule has 0 radical (unpaired) electrons. The second kappa shape index (κ2) is 60.9. The minimum Gasteiger partial charge on any atom is -0.394 e. The van der Waals surface area contributed by atoms with Gasteiger partial charge >= 0.3 is 0 Å². The highest BCUT2D eigenvalue weighted by atomic mass is 16.8. The van der Waals surface area contributed by atoms with Crippen molar-refractivity contribution >= 4 is 5.91 Å². The zero-order valence-electron chi connectivity index (χ0n) is 61.6. The van der Waals surface area contributed by atoms with Crippen molar-refractivity contribution in [2.24, 2.45) is 0 Å². The fourth-order valence-electron chi connectivity index (χ4n) is 12.8. The van der Waals surface area contributed by atoms with Gasteiger partial charge in [0.2, 0.25) is 5.91 Å². The van der Waals surface area contributed by atoms with Crippen molar-refractivity contribution < 1.29 is 89.4 Å². The van der Waals surface area contributed by atoms with E-state index < -0.39 is 124 Å². The number of hydrogen-bond donors (Lipinski definition) is 12. The lowest BCUT2D eigenvalue weighted by Gasteiger charge is -2.48. The van der Waals surface area contributed by atoms with Crippen LogP contribution in [0.3, 0.4) is 0 Å². The van der Waals surface area contributed by atoms with Crippen molar-refractivity contribution in [3.8, 4) is 0 Å². The summed E-state index contributed by atoms with van der Waals surface area (Å²) in [7, 11) is 0. The number of rotatable bonds is 61. The van der Waals surface area contributed by atoms with Crippen LogP contribution in [-0.2, 0) is 33.2 Å². The lowest BCUT2D eigenvalue weighted by molar-refractivity contribution is -0.379. The molecule has 19 heteroatoms. The van der Waals surface area contributed by atoms with Crippen LogP contribution in [0, 0.1) is 0 Å². The van der Waals surface area contributed by atoms with Crippen LogP contribution >= 0.6 is 0 Å². The van der Waals surface area contributed by atoms with Crippen LogP contribution in [0.2, 0.25) is 0 Å². The first kappa shape index (κ1) is 90.9. The molecule has 0 saturated carbocycles. The normalized spacial score (nSPS) is 27.0. The minimum atomic E-state index is -1.98. The van der Waals surface area contributed by atoms with Gasteiger partial charge in [0.15, 0.2) is 18.9 Å². The van der Waals surface area contributed by atoms with E-state index in [4.69, 9.17) is 28.4 Å². The number of amides is 1. The van der Waals surface area contributed by atoms with E-state index in [1.54, 1.807) is 6.08 Å². The molecule has 578 valence electrons. The topological polar surface area (TPSA) is 307 Å². The summed E-state index contributed by atoms with van der Waals surface area (Å²) in [5.41, 5.74) is 0. The van der Waals surface area contributed by atoms with Crippen molar-refractivity contribution in [1.29, 1.82) is 0 Å². The molecule has 0 aromatic rings. The molecule has 3 fully saturated rings. The van der Waals surface area contributed by atoms with Gasteiger partial charge in [-0.15, -0.1) is 0 Å². The highest BCUT2D eigenvalue weighted by Crippen LogP contribution is 2.33. The molecule has 19 nitrogen and oxygen atoms in total. The zero-order valence-corrected chi connectivity index (χ0v) is 61.6.